The number of carbonyl (C=O) groups is 1. The smallest absolute Gasteiger partial charge is 0.257 e. The summed E-state index contributed by atoms with van der Waals surface area (Å²) in [5.41, 5.74) is 1.15. The third kappa shape index (κ3) is 3.76. The van der Waals surface area contributed by atoms with E-state index in [1.54, 1.807) is 25.4 Å². The number of methoxy groups -OCH3 is 2. The first-order valence-corrected chi connectivity index (χ1v) is 6.65. The molecule has 112 valence electrons. The molecular weight excluding hydrogens is 280 g/mol. The highest BCUT2D eigenvalue weighted by atomic mass is 16.5. The molecule has 22 heavy (non-hydrogen) atoms. The van der Waals surface area contributed by atoms with Crippen molar-refractivity contribution in [1.29, 1.82) is 0 Å². The Balaban J connectivity index is 2.00. The van der Waals surface area contributed by atoms with Gasteiger partial charge in [0.15, 0.2) is 0 Å². The van der Waals surface area contributed by atoms with Crippen molar-refractivity contribution >= 4 is 5.91 Å². The molecule has 0 bridgehead atoms. The summed E-state index contributed by atoms with van der Waals surface area (Å²) in [4.78, 5) is 16.0. The van der Waals surface area contributed by atoms with Crippen molar-refractivity contribution in [3.05, 3.63) is 53.7 Å². The van der Waals surface area contributed by atoms with E-state index in [-0.39, 0.29) is 18.3 Å². The number of hydrogen-bond donors (Lipinski definition) is 1. The molecule has 1 amide bonds. The molecule has 0 fully saturated rings. The van der Waals surface area contributed by atoms with Gasteiger partial charge in [-0.1, -0.05) is 24.0 Å². The number of rotatable bonds is 4. The fourth-order valence-corrected chi connectivity index (χ4v) is 1.83. The van der Waals surface area contributed by atoms with Crippen LogP contribution in [0.1, 0.15) is 15.9 Å². The summed E-state index contributed by atoms with van der Waals surface area (Å²) in [5.74, 6) is 6.57. The standard InChI is InChI=1S/C17H16N2O3/c1-21-15-10-4-3-7-13(15)8-5-11-18-16(20)14-9-6-12-19-17(14)22-2/h3-4,6-7,9-10,12H,11H2,1-2H3,(H,18,20). The lowest BCUT2D eigenvalue weighted by Gasteiger charge is -2.05. The van der Waals surface area contributed by atoms with Crippen molar-refractivity contribution in [2.75, 3.05) is 20.8 Å². The van der Waals surface area contributed by atoms with E-state index in [4.69, 9.17) is 9.47 Å². The van der Waals surface area contributed by atoms with Gasteiger partial charge in [0.05, 0.1) is 26.3 Å². The van der Waals surface area contributed by atoms with Crippen LogP contribution in [-0.4, -0.2) is 31.7 Å². The van der Waals surface area contributed by atoms with Gasteiger partial charge in [-0.25, -0.2) is 4.98 Å². The molecule has 2 aromatic rings. The number of hydrogen-bond acceptors (Lipinski definition) is 4. The van der Waals surface area contributed by atoms with Gasteiger partial charge >= 0.3 is 0 Å². The lowest BCUT2D eigenvalue weighted by Crippen LogP contribution is -2.24. The number of para-hydroxylation sites is 1. The van der Waals surface area contributed by atoms with Crippen molar-refractivity contribution in [1.82, 2.24) is 10.3 Å². The zero-order valence-corrected chi connectivity index (χ0v) is 12.4. The minimum Gasteiger partial charge on any atom is -0.495 e. The molecular formula is C17H16N2O3. The van der Waals surface area contributed by atoms with E-state index in [1.807, 2.05) is 24.3 Å². The molecule has 0 aliphatic rings. The molecule has 0 saturated carbocycles. The van der Waals surface area contributed by atoms with Crippen LogP contribution in [-0.2, 0) is 0 Å². The molecule has 0 saturated heterocycles. The molecule has 0 unspecified atom stereocenters. The molecule has 1 heterocycles. The van der Waals surface area contributed by atoms with E-state index >= 15 is 0 Å². The van der Waals surface area contributed by atoms with Gasteiger partial charge in [0.2, 0.25) is 5.88 Å². The van der Waals surface area contributed by atoms with Crippen molar-refractivity contribution in [3.8, 4) is 23.5 Å². The first-order chi connectivity index (χ1) is 10.8. The summed E-state index contributed by atoms with van der Waals surface area (Å²) in [6.45, 7) is 0.217. The quantitative estimate of drug-likeness (QED) is 0.875. The van der Waals surface area contributed by atoms with E-state index in [2.05, 4.69) is 22.1 Å². The summed E-state index contributed by atoms with van der Waals surface area (Å²) in [6.07, 6.45) is 1.57. The lowest BCUT2D eigenvalue weighted by atomic mass is 10.2. The Hall–Kier alpha value is -3.00. The highest BCUT2D eigenvalue weighted by Gasteiger charge is 2.11. The van der Waals surface area contributed by atoms with Crippen molar-refractivity contribution in [3.63, 3.8) is 0 Å². The van der Waals surface area contributed by atoms with Gasteiger partial charge < -0.3 is 14.8 Å². The monoisotopic (exact) mass is 296 g/mol. The molecule has 0 aliphatic heterocycles. The topological polar surface area (TPSA) is 60.5 Å². The van der Waals surface area contributed by atoms with Crippen LogP contribution >= 0.6 is 0 Å². The second kappa shape index (κ2) is 7.70. The predicted octanol–water partition coefficient (Wildman–Crippen LogP) is 1.88. The molecule has 0 spiro atoms. The molecule has 5 nitrogen and oxygen atoms in total. The number of amides is 1. The van der Waals surface area contributed by atoms with Gasteiger partial charge in [-0.2, -0.15) is 0 Å². The van der Waals surface area contributed by atoms with Crippen LogP contribution in [0.2, 0.25) is 0 Å². The Morgan fingerprint density at radius 3 is 2.77 bits per heavy atom. The Morgan fingerprint density at radius 2 is 2.00 bits per heavy atom. The average molecular weight is 296 g/mol. The van der Waals surface area contributed by atoms with Gasteiger partial charge in [-0.05, 0) is 24.3 Å². The summed E-state index contributed by atoms with van der Waals surface area (Å²) in [6, 6.07) is 10.8. The van der Waals surface area contributed by atoms with Crippen LogP contribution in [0.25, 0.3) is 0 Å². The second-order valence-electron chi connectivity index (χ2n) is 4.24. The molecule has 0 aliphatic carbocycles. The molecule has 2 rings (SSSR count). The second-order valence-corrected chi connectivity index (χ2v) is 4.24. The fraction of sp³-hybridized carbons (Fsp3) is 0.176. The highest BCUT2D eigenvalue weighted by molar-refractivity contribution is 5.96. The number of ether oxygens (including phenoxy) is 2. The van der Waals surface area contributed by atoms with Crippen LogP contribution in [0, 0.1) is 11.8 Å². The van der Waals surface area contributed by atoms with Gasteiger partial charge in [-0.15, -0.1) is 0 Å². The number of aromatic nitrogens is 1. The van der Waals surface area contributed by atoms with Gasteiger partial charge in [0.25, 0.3) is 5.91 Å². The molecule has 0 atom stereocenters. The number of pyridine rings is 1. The molecule has 0 radical (unpaired) electrons. The summed E-state index contributed by atoms with van der Waals surface area (Å²) >= 11 is 0. The largest absolute Gasteiger partial charge is 0.495 e. The highest BCUT2D eigenvalue weighted by Crippen LogP contribution is 2.15. The minimum absolute atomic E-state index is 0.217. The minimum atomic E-state index is -0.278. The Morgan fingerprint density at radius 1 is 1.18 bits per heavy atom. The normalized spacial score (nSPS) is 9.36. The Bertz CT molecular complexity index is 717. The van der Waals surface area contributed by atoms with E-state index in [0.29, 0.717) is 11.3 Å². The van der Waals surface area contributed by atoms with E-state index in [1.165, 1.54) is 7.11 Å². The SMILES string of the molecule is COc1ccccc1C#CCNC(=O)c1cccnc1OC. The summed E-state index contributed by atoms with van der Waals surface area (Å²) < 4.78 is 10.3. The average Bonchev–Trinajstić information content (AvgIpc) is 2.58. The number of benzene rings is 1. The zero-order chi connectivity index (χ0) is 15.8. The third-order valence-corrected chi connectivity index (χ3v) is 2.88. The van der Waals surface area contributed by atoms with Crippen molar-refractivity contribution < 1.29 is 14.3 Å². The molecule has 1 aromatic carbocycles. The first kappa shape index (κ1) is 15.4. The van der Waals surface area contributed by atoms with E-state index < -0.39 is 0 Å². The van der Waals surface area contributed by atoms with Crippen molar-refractivity contribution in [2.24, 2.45) is 0 Å². The van der Waals surface area contributed by atoms with E-state index in [0.717, 1.165) is 5.56 Å². The van der Waals surface area contributed by atoms with Crippen molar-refractivity contribution in [2.45, 2.75) is 0 Å². The summed E-state index contributed by atoms with van der Waals surface area (Å²) in [5, 5.41) is 2.71. The van der Waals surface area contributed by atoms with E-state index in [9.17, 15) is 4.79 Å². The maximum Gasteiger partial charge on any atom is 0.257 e. The van der Waals surface area contributed by atoms with Gasteiger partial charge in [0.1, 0.15) is 11.3 Å². The van der Waals surface area contributed by atoms with Crippen LogP contribution in [0.4, 0.5) is 0 Å². The Labute approximate surface area is 129 Å². The maximum absolute atomic E-state index is 12.0. The summed E-state index contributed by atoms with van der Waals surface area (Å²) in [7, 11) is 3.07. The number of nitrogens with zero attached hydrogens (tertiary/aromatic N) is 1. The predicted molar refractivity (Wildman–Crippen MR) is 83.0 cm³/mol. The Kier molecular flexibility index (Phi) is 5.38. The van der Waals surface area contributed by atoms with Crippen LogP contribution in [0.3, 0.4) is 0 Å². The van der Waals surface area contributed by atoms with Crippen LogP contribution < -0.4 is 14.8 Å². The lowest BCUT2D eigenvalue weighted by molar-refractivity contribution is 0.0955. The third-order valence-electron chi connectivity index (χ3n) is 2.88. The zero-order valence-electron chi connectivity index (χ0n) is 12.4. The van der Waals surface area contributed by atoms with Crippen LogP contribution in [0.15, 0.2) is 42.6 Å². The fourth-order valence-electron chi connectivity index (χ4n) is 1.83. The first-order valence-electron chi connectivity index (χ1n) is 6.65. The molecule has 5 heteroatoms. The molecule has 1 aromatic heterocycles. The number of carbonyl (C=O) groups excluding carboxylic acids is 1. The maximum atomic E-state index is 12.0. The number of nitrogens with one attached hydrogen (secondary N) is 1. The van der Waals surface area contributed by atoms with Crippen LogP contribution in [0.5, 0.6) is 11.6 Å². The van der Waals surface area contributed by atoms with Gasteiger partial charge in [0, 0.05) is 6.20 Å². The van der Waals surface area contributed by atoms with Gasteiger partial charge in [-0.3, -0.25) is 4.79 Å². The molecule has 1 N–H and O–H groups in total.